The third-order valence-electron chi connectivity index (χ3n) is 2.58. The first kappa shape index (κ1) is 16.8. The second-order valence-corrected chi connectivity index (χ2v) is 4.93. The highest BCUT2D eigenvalue weighted by molar-refractivity contribution is 6.18. The normalized spacial score (nSPS) is 10.1. The molecule has 0 aromatic heterocycles. The van der Waals surface area contributed by atoms with E-state index in [9.17, 15) is 9.59 Å². The Labute approximate surface area is 128 Å². The zero-order chi connectivity index (χ0) is 14.8. The molecule has 20 heavy (non-hydrogen) atoms. The third kappa shape index (κ3) is 5.80. The van der Waals surface area contributed by atoms with Gasteiger partial charge >= 0.3 is 0 Å². The highest BCUT2D eigenvalue weighted by Crippen LogP contribution is 2.05. The maximum absolute atomic E-state index is 11.9. The highest BCUT2D eigenvalue weighted by Gasteiger charge is 2.09. The summed E-state index contributed by atoms with van der Waals surface area (Å²) >= 11 is 11.1. The van der Waals surface area contributed by atoms with E-state index in [1.165, 1.54) is 0 Å². The molecule has 0 saturated heterocycles. The van der Waals surface area contributed by atoms with Crippen molar-refractivity contribution in [1.82, 2.24) is 10.6 Å². The van der Waals surface area contributed by atoms with Crippen molar-refractivity contribution in [3.8, 4) is 0 Å². The number of carbonyl (C=O) groups is 2. The number of halogens is 2. The molecule has 0 aliphatic carbocycles. The zero-order valence-electron chi connectivity index (χ0n) is 11.1. The van der Waals surface area contributed by atoms with Crippen LogP contribution >= 0.6 is 23.2 Å². The van der Waals surface area contributed by atoms with E-state index < -0.39 is 0 Å². The number of alkyl halides is 2. The maximum atomic E-state index is 11.9. The molecule has 6 heteroatoms. The number of hydrogen-bond acceptors (Lipinski definition) is 2. The van der Waals surface area contributed by atoms with Crippen LogP contribution in [0.15, 0.2) is 24.3 Å². The van der Waals surface area contributed by atoms with Gasteiger partial charge in [0.25, 0.3) is 11.8 Å². The van der Waals surface area contributed by atoms with Gasteiger partial charge in [0.2, 0.25) is 0 Å². The number of carbonyl (C=O) groups excluding carboxylic acids is 2. The lowest BCUT2D eigenvalue weighted by molar-refractivity contribution is 0.0953. The zero-order valence-corrected chi connectivity index (χ0v) is 12.6. The second kappa shape index (κ2) is 9.61. The molecule has 0 radical (unpaired) electrons. The molecule has 4 nitrogen and oxygen atoms in total. The summed E-state index contributed by atoms with van der Waals surface area (Å²) in [5, 5.41) is 5.49. The average molecular weight is 317 g/mol. The lowest BCUT2D eigenvalue weighted by Crippen LogP contribution is -2.27. The summed E-state index contributed by atoms with van der Waals surface area (Å²) in [6.45, 7) is 1.04. The Morgan fingerprint density at radius 3 is 1.75 bits per heavy atom. The van der Waals surface area contributed by atoms with Gasteiger partial charge in [0, 0.05) is 36.0 Å². The van der Waals surface area contributed by atoms with Crippen molar-refractivity contribution in [2.75, 3.05) is 24.8 Å². The monoisotopic (exact) mass is 316 g/mol. The summed E-state index contributed by atoms with van der Waals surface area (Å²) in [5.41, 5.74) is 0.925. The smallest absolute Gasteiger partial charge is 0.251 e. The van der Waals surface area contributed by atoms with E-state index in [0.29, 0.717) is 48.8 Å². The van der Waals surface area contributed by atoms with Crippen molar-refractivity contribution < 1.29 is 9.59 Å². The minimum atomic E-state index is -0.203. The van der Waals surface area contributed by atoms with Crippen molar-refractivity contribution in [2.45, 2.75) is 12.8 Å². The van der Waals surface area contributed by atoms with Crippen LogP contribution in [0.1, 0.15) is 33.6 Å². The largest absolute Gasteiger partial charge is 0.352 e. The van der Waals surface area contributed by atoms with E-state index in [2.05, 4.69) is 10.6 Å². The van der Waals surface area contributed by atoms with E-state index in [1.54, 1.807) is 24.3 Å². The number of rotatable bonds is 8. The Balaban J connectivity index is 2.60. The molecule has 0 atom stereocenters. The molecule has 1 rings (SSSR count). The van der Waals surface area contributed by atoms with Crippen molar-refractivity contribution in [3.63, 3.8) is 0 Å². The van der Waals surface area contributed by atoms with Crippen LogP contribution in [0, 0.1) is 0 Å². The molecule has 0 aliphatic rings. The van der Waals surface area contributed by atoms with Crippen LogP contribution in [0.4, 0.5) is 0 Å². The lowest BCUT2D eigenvalue weighted by Gasteiger charge is -2.07. The van der Waals surface area contributed by atoms with Gasteiger partial charge in [-0.1, -0.05) is 6.07 Å². The van der Waals surface area contributed by atoms with Crippen LogP contribution in [-0.2, 0) is 0 Å². The standard InChI is InChI=1S/C14H18Cl2N2O2/c15-6-2-8-17-13(19)11-4-1-5-12(10-11)14(20)18-9-3-7-16/h1,4-5,10H,2-3,6-9H2,(H,17,19)(H,18,20). The van der Waals surface area contributed by atoms with Gasteiger partial charge in [0.15, 0.2) is 0 Å². The first-order valence-corrected chi connectivity index (χ1v) is 7.54. The molecule has 2 N–H and O–H groups in total. The van der Waals surface area contributed by atoms with Crippen LogP contribution in [0.3, 0.4) is 0 Å². The fraction of sp³-hybridized carbons (Fsp3) is 0.429. The SMILES string of the molecule is O=C(NCCCCl)c1cccc(C(=O)NCCCCl)c1. The molecule has 110 valence electrons. The molecule has 1 aromatic carbocycles. The summed E-state index contributed by atoms with van der Waals surface area (Å²) in [7, 11) is 0. The lowest BCUT2D eigenvalue weighted by atomic mass is 10.1. The Morgan fingerprint density at radius 2 is 1.35 bits per heavy atom. The summed E-state index contributed by atoms with van der Waals surface area (Å²) in [5.74, 6) is 0.600. The predicted molar refractivity (Wildman–Crippen MR) is 81.8 cm³/mol. The van der Waals surface area contributed by atoms with E-state index >= 15 is 0 Å². The molecule has 1 aromatic rings. The molecule has 0 fully saturated rings. The van der Waals surface area contributed by atoms with Crippen LogP contribution in [0.25, 0.3) is 0 Å². The second-order valence-electron chi connectivity index (χ2n) is 4.18. The minimum absolute atomic E-state index is 0.203. The third-order valence-corrected chi connectivity index (χ3v) is 3.11. The fourth-order valence-electron chi connectivity index (χ4n) is 1.54. The quantitative estimate of drug-likeness (QED) is 0.571. The van der Waals surface area contributed by atoms with Crippen molar-refractivity contribution in [2.24, 2.45) is 0 Å². The van der Waals surface area contributed by atoms with Crippen molar-refractivity contribution in [1.29, 1.82) is 0 Å². The van der Waals surface area contributed by atoms with Gasteiger partial charge in [-0.3, -0.25) is 9.59 Å². The Hall–Kier alpha value is -1.26. The number of hydrogen-bond donors (Lipinski definition) is 2. The molecular formula is C14H18Cl2N2O2. The Morgan fingerprint density at radius 1 is 0.900 bits per heavy atom. The molecule has 0 saturated carbocycles. The molecule has 0 aliphatic heterocycles. The predicted octanol–water partition coefficient (Wildman–Crippen LogP) is 2.40. The van der Waals surface area contributed by atoms with Crippen molar-refractivity contribution in [3.05, 3.63) is 35.4 Å². The molecule has 0 heterocycles. The van der Waals surface area contributed by atoms with E-state index in [4.69, 9.17) is 23.2 Å². The van der Waals surface area contributed by atoms with E-state index in [1.807, 2.05) is 0 Å². The number of amides is 2. The number of benzene rings is 1. The van der Waals surface area contributed by atoms with Gasteiger partial charge in [-0.2, -0.15) is 0 Å². The van der Waals surface area contributed by atoms with Gasteiger partial charge in [-0.25, -0.2) is 0 Å². The fourth-order valence-corrected chi connectivity index (χ4v) is 1.81. The summed E-state index contributed by atoms with van der Waals surface area (Å²) in [4.78, 5) is 23.7. The Bertz CT molecular complexity index is 415. The minimum Gasteiger partial charge on any atom is -0.352 e. The van der Waals surface area contributed by atoms with Crippen LogP contribution < -0.4 is 10.6 Å². The first-order valence-electron chi connectivity index (χ1n) is 6.47. The first-order chi connectivity index (χ1) is 9.69. The van der Waals surface area contributed by atoms with Crippen LogP contribution in [-0.4, -0.2) is 36.7 Å². The molecule has 0 bridgehead atoms. The van der Waals surface area contributed by atoms with Gasteiger partial charge in [-0.05, 0) is 31.0 Å². The van der Waals surface area contributed by atoms with Crippen molar-refractivity contribution >= 4 is 35.0 Å². The topological polar surface area (TPSA) is 58.2 Å². The molecular weight excluding hydrogens is 299 g/mol. The van der Waals surface area contributed by atoms with Gasteiger partial charge < -0.3 is 10.6 Å². The summed E-state index contributed by atoms with van der Waals surface area (Å²) in [6, 6.07) is 6.61. The van der Waals surface area contributed by atoms with Crippen LogP contribution in [0.5, 0.6) is 0 Å². The number of nitrogens with one attached hydrogen (secondary N) is 2. The van der Waals surface area contributed by atoms with Gasteiger partial charge in [0.1, 0.15) is 0 Å². The molecule has 0 spiro atoms. The summed E-state index contributed by atoms with van der Waals surface area (Å²) < 4.78 is 0. The Kier molecular flexibility index (Phi) is 8.07. The summed E-state index contributed by atoms with van der Waals surface area (Å²) in [6.07, 6.45) is 1.43. The van der Waals surface area contributed by atoms with E-state index in [-0.39, 0.29) is 11.8 Å². The van der Waals surface area contributed by atoms with Gasteiger partial charge in [0.05, 0.1) is 0 Å². The molecule has 2 amide bonds. The average Bonchev–Trinajstić information content (AvgIpc) is 2.47. The van der Waals surface area contributed by atoms with Crippen LogP contribution in [0.2, 0.25) is 0 Å². The molecule has 0 unspecified atom stereocenters. The van der Waals surface area contributed by atoms with Gasteiger partial charge in [-0.15, -0.1) is 23.2 Å². The van der Waals surface area contributed by atoms with E-state index in [0.717, 1.165) is 0 Å². The highest BCUT2D eigenvalue weighted by atomic mass is 35.5. The maximum Gasteiger partial charge on any atom is 0.251 e.